The average Bonchev–Trinajstić information content (AvgIpc) is 2.14. The zero-order valence-corrected chi connectivity index (χ0v) is 9.64. The summed E-state index contributed by atoms with van der Waals surface area (Å²) in [5.41, 5.74) is 3.26. The second-order valence-corrected chi connectivity index (χ2v) is 3.77. The molecule has 14 heavy (non-hydrogen) atoms. The van der Waals surface area contributed by atoms with Crippen LogP contribution in [-0.2, 0) is 4.79 Å². The lowest BCUT2D eigenvalue weighted by Crippen LogP contribution is -2.27. The summed E-state index contributed by atoms with van der Waals surface area (Å²) < 4.78 is 0. The summed E-state index contributed by atoms with van der Waals surface area (Å²) in [5, 5.41) is 0. The maximum absolute atomic E-state index is 11.4. The van der Waals surface area contributed by atoms with Gasteiger partial charge in [-0.25, -0.2) is 0 Å². The van der Waals surface area contributed by atoms with Crippen LogP contribution in [0.15, 0.2) is 18.2 Å². The number of benzene rings is 1. The van der Waals surface area contributed by atoms with E-state index in [1.807, 2.05) is 26.0 Å². The monoisotopic (exact) mass is 209 g/mol. The molecule has 0 aromatic heterocycles. The Morgan fingerprint density at radius 3 is 2.21 bits per heavy atom. The Labute approximate surface area is 90.3 Å². The van der Waals surface area contributed by atoms with Crippen molar-refractivity contribution in [3.63, 3.8) is 0 Å². The molecule has 0 N–H and O–H groups in total. The second kappa shape index (κ2) is 4.51. The number of nitrogens with zero attached hydrogens (tertiary/aromatic N) is 1. The lowest BCUT2D eigenvalue weighted by molar-refractivity contribution is -0.115. The van der Waals surface area contributed by atoms with E-state index in [4.69, 9.17) is 0 Å². The van der Waals surface area contributed by atoms with Crippen molar-refractivity contribution in [3.05, 3.63) is 29.3 Å². The van der Waals surface area contributed by atoms with Crippen molar-refractivity contribution in [2.45, 2.75) is 13.8 Å². The summed E-state index contributed by atoms with van der Waals surface area (Å²) in [6.45, 7) is 4.05. The third-order valence-corrected chi connectivity index (χ3v) is 2.37. The van der Waals surface area contributed by atoms with Gasteiger partial charge < -0.3 is 4.90 Å². The van der Waals surface area contributed by atoms with Crippen LogP contribution in [0.3, 0.4) is 0 Å². The topological polar surface area (TPSA) is 20.3 Å². The Balaban J connectivity index is 3.00. The molecule has 0 aliphatic rings. The van der Waals surface area contributed by atoms with Crippen LogP contribution in [0.1, 0.15) is 11.1 Å². The van der Waals surface area contributed by atoms with Gasteiger partial charge in [0.1, 0.15) is 0 Å². The number of amides is 1. The fourth-order valence-electron chi connectivity index (χ4n) is 1.39. The summed E-state index contributed by atoms with van der Waals surface area (Å²) >= 11 is 3.97. The van der Waals surface area contributed by atoms with Gasteiger partial charge in [-0.15, -0.1) is 0 Å². The predicted molar refractivity (Wildman–Crippen MR) is 63.2 cm³/mol. The van der Waals surface area contributed by atoms with E-state index in [1.165, 1.54) is 11.1 Å². The molecule has 76 valence electrons. The molecule has 0 saturated heterocycles. The Morgan fingerprint density at radius 2 is 1.79 bits per heavy atom. The predicted octanol–water partition coefficient (Wildman–Crippen LogP) is 2.20. The van der Waals surface area contributed by atoms with Gasteiger partial charge in [0, 0.05) is 12.7 Å². The fourth-order valence-corrected chi connectivity index (χ4v) is 1.61. The Kier molecular flexibility index (Phi) is 3.58. The summed E-state index contributed by atoms with van der Waals surface area (Å²) in [6, 6.07) is 6.07. The quantitative estimate of drug-likeness (QED) is 0.740. The number of hydrogen-bond acceptors (Lipinski definition) is 2. The summed E-state index contributed by atoms with van der Waals surface area (Å²) in [4.78, 5) is 13.0. The van der Waals surface area contributed by atoms with E-state index in [2.05, 4.69) is 18.7 Å². The highest BCUT2D eigenvalue weighted by atomic mass is 32.1. The summed E-state index contributed by atoms with van der Waals surface area (Å²) in [5.74, 6) is 0.252. The van der Waals surface area contributed by atoms with Crippen LogP contribution < -0.4 is 4.90 Å². The highest BCUT2D eigenvalue weighted by Gasteiger charge is 2.08. The molecule has 0 unspecified atom stereocenters. The van der Waals surface area contributed by atoms with Crippen LogP contribution >= 0.6 is 12.6 Å². The third kappa shape index (κ3) is 2.51. The van der Waals surface area contributed by atoms with Crippen molar-refractivity contribution in [2.24, 2.45) is 0 Å². The van der Waals surface area contributed by atoms with Crippen molar-refractivity contribution in [1.29, 1.82) is 0 Å². The molecule has 1 amide bonds. The number of carbonyl (C=O) groups is 1. The first-order chi connectivity index (χ1) is 6.54. The van der Waals surface area contributed by atoms with Crippen molar-refractivity contribution in [3.8, 4) is 0 Å². The highest BCUT2D eigenvalue weighted by Crippen LogP contribution is 2.17. The van der Waals surface area contributed by atoms with E-state index in [1.54, 1.807) is 11.9 Å². The first-order valence-electron chi connectivity index (χ1n) is 4.50. The van der Waals surface area contributed by atoms with Crippen LogP contribution in [0.2, 0.25) is 0 Å². The van der Waals surface area contributed by atoms with Crippen molar-refractivity contribution < 1.29 is 4.79 Å². The van der Waals surface area contributed by atoms with Crippen LogP contribution in [0, 0.1) is 13.8 Å². The van der Waals surface area contributed by atoms with E-state index in [0.29, 0.717) is 0 Å². The minimum absolute atomic E-state index is 0.0123. The first-order valence-corrected chi connectivity index (χ1v) is 5.13. The first kappa shape index (κ1) is 11.1. The molecule has 0 fully saturated rings. The number of thiol groups is 1. The van der Waals surface area contributed by atoms with Gasteiger partial charge in [-0.05, 0) is 37.1 Å². The van der Waals surface area contributed by atoms with Crippen LogP contribution in [0.5, 0.6) is 0 Å². The Hall–Kier alpha value is -0.960. The number of hydrogen-bond donors (Lipinski definition) is 1. The van der Waals surface area contributed by atoms with Crippen molar-refractivity contribution in [1.82, 2.24) is 0 Å². The molecule has 0 heterocycles. The number of rotatable bonds is 2. The maximum Gasteiger partial charge on any atom is 0.236 e. The number of carbonyl (C=O) groups excluding carboxylic acids is 1. The zero-order valence-electron chi connectivity index (χ0n) is 8.74. The zero-order chi connectivity index (χ0) is 10.7. The molecule has 1 aromatic carbocycles. The van der Waals surface area contributed by atoms with Crippen LogP contribution in [0.4, 0.5) is 5.69 Å². The Morgan fingerprint density at radius 1 is 1.29 bits per heavy atom. The van der Waals surface area contributed by atoms with Crippen LogP contribution in [0.25, 0.3) is 0 Å². The molecule has 1 rings (SSSR count). The largest absolute Gasteiger partial charge is 0.315 e. The second-order valence-electron chi connectivity index (χ2n) is 3.46. The Bertz CT molecular complexity index is 329. The standard InChI is InChI=1S/C11H15NOS/c1-8-4-9(2)6-10(5-8)12(3)11(13)7-14/h4-6,14H,7H2,1-3H3. The minimum Gasteiger partial charge on any atom is -0.315 e. The molecular weight excluding hydrogens is 194 g/mol. The molecule has 2 nitrogen and oxygen atoms in total. The molecule has 0 aliphatic heterocycles. The molecule has 0 aliphatic carbocycles. The fraction of sp³-hybridized carbons (Fsp3) is 0.364. The van der Waals surface area contributed by atoms with Gasteiger partial charge in [-0.2, -0.15) is 12.6 Å². The van der Waals surface area contributed by atoms with Gasteiger partial charge in [0.15, 0.2) is 0 Å². The summed E-state index contributed by atoms with van der Waals surface area (Å²) in [7, 11) is 1.77. The van der Waals surface area contributed by atoms with E-state index >= 15 is 0 Å². The van der Waals surface area contributed by atoms with E-state index in [9.17, 15) is 4.79 Å². The molecule has 3 heteroatoms. The molecule has 0 atom stereocenters. The molecule has 0 saturated carbocycles. The van der Waals surface area contributed by atoms with Crippen molar-refractivity contribution in [2.75, 3.05) is 17.7 Å². The molecule has 0 radical (unpaired) electrons. The molecular formula is C11H15NOS. The third-order valence-electron chi connectivity index (χ3n) is 2.10. The number of aryl methyl sites for hydroxylation is 2. The normalized spacial score (nSPS) is 10.0. The van der Waals surface area contributed by atoms with Gasteiger partial charge in [0.2, 0.25) is 5.91 Å². The van der Waals surface area contributed by atoms with Crippen LogP contribution in [-0.4, -0.2) is 18.7 Å². The molecule has 1 aromatic rings. The SMILES string of the molecule is Cc1cc(C)cc(N(C)C(=O)CS)c1. The molecule has 0 bridgehead atoms. The van der Waals surface area contributed by atoms with E-state index in [0.717, 1.165) is 5.69 Å². The van der Waals surface area contributed by atoms with Crippen molar-refractivity contribution >= 4 is 24.2 Å². The average molecular weight is 209 g/mol. The molecule has 0 spiro atoms. The van der Waals surface area contributed by atoms with E-state index < -0.39 is 0 Å². The lowest BCUT2D eigenvalue weighted by Gasteiger charge is -2.17. The van der Waals surface area contributed by atoms with E-state index in [-0.39, 0.29) is 11.7 Å². The highest BCUT2D eigenvalue weighted by molar-refractivity contribution is 7.81. The van der Waals surface area contributed by atoms with Gasteiger partial charge in [0.05, 0.1) is 5.75 Å². The smallest absolute Gasteiger partial charge is 0.236 e. The minimum atomic E-state index is 0.0123. The van der Waals surface area contributed by atoms with Gasteiger partial charge >= 0.3 is 0 Å². The maximum atomic E-state index is 11.4. The van der Waals surface area contributed by atoms with Gasteiger partial charge in [0.25, 0.3) is 0 Å². The lowest BCUT2D eigenvalue weighted by atomic mass is 10.1. The summed E-state index contributed by atoms with van der Waals surface area (Å²) in [6.07, 6.45) is 0. The number of anilines is 1. The van der Waals surface area contributed by atoms with Gasteiger partial charge in [-0.3, -0.25) is 4.79 Å². The van der Waals surface area contributed by atoms with Gasteiger partial charge in [-0.1, -0.05) is 6.07 Å².